The quantitative estimate of drug-likeness (QED) is 0.433. The van der Waals surface area contributed by atoms with Crippen molar-refractivity contribution in [2.24, 2.45) is 5.92 Å². The molecular formula is C28H33FN2O2. The van der Waals surface area contributed by atoms with Gasteiger partial charge in [0.25, 0.3) is 0 Å². The minimum atomic E-state index is -0.866. The second-order valence-corrected chi connectivity index (χ2v) is 9.52. The van der Waals surface area contributed by atoms with Gasteiger partial charge in [-0.25, -0.2) is 9.37 Å². The number of aliphatic carboxylic acids is 1. The lowest BCUT2D eigenvalue weighted by Crippen LogP contribution is -2.14. The molecular weight excluding hydrogens is 415 g/mol. The Balaban J connectivity index is 1.62. The van der Waals surface area contributed by atoms with Crippen LogP contribution in [-0.4, -0.2) is 20.6 Å². The summed E-state index contributed by atoms with van der Waals surface area (Å²) >= 11 is 0. The van der Waals surface area contributed by atoms with Crippen LogP contribution in [0.4, 0.5) is 4.39 Å². The van der Waals surface area contributed by atoms with Crippen LogP contribution in [0.15, 0.2) is 48.8 Å². The smallest absolute Gasteiger partial charge is 0.304 e. The third-order valence-electron chi connectivity index (χ3n) is 7.10. The Hall–Kier alpha value is -2.95. The number of imidazole rings is 1. The number of hydrogen-bond acceptors (Lipinski definition) is 2. The van der Waals surface area contributed by atoms with Crippen molar-refractivity contribution in [3.05, 3.63) is 88.3 Å². The normalized spacial score (nSPS) is 15.5. The van der Waals surface area contributed by atoms with Crippen molar-refractivity contribution < 1.29 is 14.3 Å². The van der Waals surface area contributed by atoms with E-state index in [1.54, 1.807) is 6.07 Å². The van der Waals surface area contributed by atoms with E-state index in [1.807, 2.05) is 25.4 Å². The van der Waals surface area contributed by atoms with Crippen molar-refractivity contribution in [2.45, 2.75) is 71.3 Å². The number of benzene rings is 2. The van der Waals surface area contributed by atoms with E-state index in [2.05, 4.69) is 28.6 Å². The molecule has 0 aliphatic heterocycles. The Morgan fingerprint density at radius 2 is 1.91 bits per heavy atom. The largest absolute Gasteiger partial charge is 0.481 e. The Morgan fingerprint density at radius 1 is 1.12 bits per heavy atom. The van der Waals surface area contributed by atoms with Gasteiger partial charge >= 0.3 is 5.97 Å². The maximum absolute atomic E-state index is 13.7. The Bertz CT molecular complexity index is 1110. The van der Waals surface area contributed by atoms with Crippen molar-refractivity contribution in [2.75, 3.05) is 0 Å². The van der Waals surface area contributed by atoms with Gasteiger partial charge in [0.2, 0.25) is 0 Å². The summed E-state index contributed by atoms with van der Waals surface area (Å²) in [5.74, 6) is 0.347. The molecule has 0 radical (unpaired) electrons. The van der Waals surface area contributed by atoms with Gasteiger partial charge in [-0.1, -0.05) is 56.4 Å². The molecule has 1 N–H and O–H groups in total. The first-order valence-corrected chi connectivity index (χ1v) is 12.0. The fourth-order valence-electron chi connectivity index (χ4n) is 5.20. The monoisotopic (exact) mass is 448 g/mol. The van der Waals surface area contributed by atoms with E-state index < -0.39 is 5.97 Å². The molecule has 0 saturated heterocycles. The number of aromatic nitrogens is 2. The predicted octanol–water partition coefficient (Wildman–Crippen LogP) is 6.42. The molecule has 1 saturated carbocycles. The predicted molar refractivity (Wildman–Crippen MR) is 128 cm³/mol. The minimum Gasteiger partial charge on any atom is -0.481 e. The van der Waals surface area contributed by atoms with Crippen LogP contribution in [0.25, 0.3) is 0 Å². The fraction of sp³-hybridized carbons (Fsp3) is 0.429. The zero-order valence-corrected chi connectivity index (χ0v) is 19.6. The zero-order valence-electron chi connectivity index (χ0n) is 19.6. The lowest BCUT2D eigenvalue weighted by molar-refractivity contribution is -0.137. The zero-order chi connectivity index (χ0) is 23.4. The first-order valence-electron chi connectivity index (χ1n) is 12.0. The van der Waals surface area contributed by atoms with Crippen LogP contribution >= 0.6 is 0 Å². The molecule has 174 valence electrons. The molecule has 0 spiro atoms. The Morgan fingerprint density at radius 3 is 2.64 bits per heavy atom. The summed E-state index contributed by atoms with van der Waals surface area (Å²) in [5.41, 5.74) is 4.90. The van der Waals surface area contributed by atoms with E-state index in [9.17, 15) is 14.3 Å². The van der Waals surface area contributed by atoms with Gasteiger partial charge in [0, 0.05) is 31.3 Å². The SMILES string of the molecule is Cc1ccc(C(CC(=O)O)c2ccc(F)cc2C)cc1Cn1ccnc1CC1CCCCC1. The maximum atomic E-state index is 13.7. The molecule has 2 aromatic carbocycles. The standard InChI is InChI=1S/C28H33FN2O2/c1-19-8-9-22(26(17-28(32)33)25-11-10-24(29)14-20(25)2)16-23(19)18-31-13-12-30-27(31)15-21-6-4-3-5-7-21/h8-14,16,21,26H,3-7,15,17-18H2,1-2H3,(H,32,33). The summed E-state index contributed by atoms with van der Waals surface area (Å²) in [7, 11) is 0. The van der Waals surface area contributed by atoms with Crippen LogP contribution in [0.1, 0.15) is 78.1 Å². The van der Waals surface area contributed by atoms with Crippen molar-refractivity contribution >= 4 is 5.97 Å². The van der Waals surface area contributed by atoms with Gasteiger partial charge < -0.3 is 9.67 Å². The first-order chi connectivity index (χ1) is 15.9. The highest BCUT2D eigenvalue weighted by Crippen LogP contribution is 2.32. The highest BCUT2D eigenvalue weighted by atomic mass is 19.1. The van der Waals surface area contributed by atoms with E-state index in [1.165, 1.54) is 49.8 Å². The molecule has 1 aliphatic carbocycles. The number of carboxylic acid groups (broad SMARTS) is 1. The van der Waals surface area contributed by atoms with Gasteiger partial charge in [-0.3, -0.25) is 4.79 Å². The number of carboxylic acids is 1. The lowest BCUT2D eigenvalue weighted by Gasteiger charge is -2.22. The molecule has 1 fully saturated rings. The first kappa shape index (κ1) is 23.2. The average Bonchev–Trinajstić information content (AvgIpc) is 3.21. The van der Waals surface area contributed by atoms with Gasteiger partial charge in [-0.2, -0.15) is 0 Å². The van der Waals surface area contributed by atoms with Gasteiger partial charge in [0.05, 0.1) is 6.42 Å². The van der Waals surface area contributed by atoms with Crippen molar-refractivity contribution in [3.8, 4) is 0 Å². The molecule has 3 aromatic rings. The van der Waals surface area contributed by atoms with Crippen molar-refractivity contribution in [1.82, 2.24) is 9.55 Å². The molecule has 0 bridgehead atoms. The summed E-state index contributed by atoms with van der Waals surface area (Å²) < 4.78 is 15.9. The van der Waals surface area contributed by atoms with Crippen molar-refractivity contribution in [1.29, 1.82) is 0 Å². The summed E-state index contributed by atoms with van der Waals surface area (Å²) in [6.45, 7) is 4.64. The van der Waals surface area contributed by atoms with Gasteiger partial charge in [0.15, 0.2) is 0 Å². The maximum Gasteiger partial charge on any atom is 0.304 e. The third kappa shape index (κ3) is 5.70. The molecule has 4 nitrogen and oxygen atoms in total. The van der Waals surface area contributed by atoms with Crippen LogP contribution in [-0.2, 0) is 17.8 Å². The van der Waals surface area contributed by atoms with Gasteiger partial charge in [0.1, 0.15) is 11.6 Å². The number of halogens is 1. The Kier molecular flexibility index (Phi) is 7.26. The number of rotatable bonds is 8. The summed E-state index contributed by atoms with van der Waals surface area (Å²) in [6, 6.07) is 10.8. The summed E-state index contributed by atoms with van der Waals surface area (Å²) in [4.78, 5) is 16.3. The van der Waals surface area contributed by atoms with Gasteiger partial charge in [-0.05, 0) is 59.7 Å². The number of hydrogen-bond donors (Lipinski definition) is 1. The molecule has 1 heterocycles. The molecule has 0 amide bonds. The molecule has 33 heavy (non-hydrogen) atoms. The number of nitrogens with zero attached hydrogens (tertiary/aromatic N) is 2. The van der Waals surface area contributed by atoms with Crippen LogP contribution in [0.2, 0.25) is 0 Å². The molecule has 5 heteroatoms. The molecule has 1 unspecified atom stereocenters. The average molecular weight is 449 g/mol. The number of aryl methyl sites for hydroxylation is 2. The summed E-state index contributed by atoms with van der Waals surface area (Å²) in [5, 5.41) is 9.59. The van der Waals surface area contributed by atoms with Crippen molar-refractivity contribution in [3.63, 3.8) is 0 Å². The van der Waals surface area contributed by atoms with E-state index >= 15 is 0 Å². The van der Waals surface area contributed by atoms with Crippen LogP contribution in [0.3, 0.4) is 0 Å². The highest BCUT2D eigenvalue weighted by Gasteiger charge is 2.22. The van der Waals surface area contributed by atoms with Crippen LogP contribution in [0, 0.1) is 25.6 Å². The number of carbonyl (C=O) groups is 1. The van der Waals surface area contributed by atoms with Crippen LogP contribution < -0.4 is 0 Å². The van der Waals surface area contributed by atoms with E-state index in [4.69, 9.17) is 0 Å². The molecule has 1 aliphatic rings. The summed E-state index contributed by atoms with van der Waals surface area (Å²) in [6.07, 6.45) is 11.5. The third-order valence-corrected chi connectivity index (χ3v) is 7.10. The second kappa shape index (κ2) is 10.3. The highest BCUT2D eigenvalue weighted by molar-refractivity contribution is 5.69. The van der Waals surface area contributed by atoms with Crippen LogP contribution in [0.5, 0.6) is 0 Å². The molecule has 1 atom stereocenters. The molecule has 1 aromatic heterocycles. The molecule has 4 rings (SSSR count). The second-order valence-electron chi connectivity index (χ2n) is 9.52. The van der Waals surface area contributed by atoms with E-state index in [0.717, 1.165) is 34.5 Å². The minimum absolute atomic E-state index is 0.0347. The Labute approximate surface area is 195 Å². The fourth-order valence-corrected chi connectivity index (χ4v) is 5.20. The van der Waals surface area contributed by atoms with Gasteiger partial charge in [-0.15, -0.1) is 0 Å². The van der Waals surface area contributed by atoms with E-state index in [-0.39, 0.29) is 18.2 Å². The van der Waals surface area contributed by atoms with E-state index in [0.29, 0.717) is 12.5 Å². The topological polar surface area (TPSA) is 55.1 Å². The lowest BCUT2D eigenvalue weighted by atomic mass is 9.84.